The molecule has 0 amide bonds. The quantitative estimate of drug-likeness (QED) is 0.776. The van der Waals surface area contributed by atoms with Crippen molar-refractivity contribution in [1.82, 2.24) is 14.3 Å². The highest BCUT2D eigenvalue weighted by molar-refractivity contribution is 7.89. The minimum atomic E-state index is -4.59. The lowest BCUT2D eigenvalue weighted by Gasteiger charge is -2.55. The van der Waals surface area contributed by atoms with Crippen LogP contribution >= 0.6 is 0 Å². The fourth-order valence-electron chi connectivity index (χ4n) is 3.97. The second-order valence-electron chi connectivity index (χ2n) is 7.22. The monoisotopic (exact) mass is 412 g/mol. The van der Waals surface area contributed by atoms with Crippen molar-refractivity contribution in [2.24, 2.45) is 0 Å². The molecule has 1 aromatic carbocycles. The molecule has 2 bridgehead atoms. The van der Waals surface area contributed by atoms with Gasteiger partial charge >= 0.3 is 6.18 Å². The Kier molecular flexibility index (Phi) is 4.38. The summed E-state index contributed by atoms with van der Waals surface area (Å²) >= 11 is 0. The van der Waals surface area contributed by atoms with Crippen LogP contribution in [0.3, 0.4) is 0 Å². The number of sulfonamides is 1. The van der Waals surface area contributed by atoms with Crippen LogP contribution < -0.4 is 4.90 Å². The van der Waals surface area contributed by atoms with Gasteiger partial charge in [-0.05, 0) is 38.5 Å². The third kappa shape index (κ3) is 3.24. The highest BCUT2D eigenvalue weighted by atomic mass is 32.2. The van der Waals surface area contributed by atoms with Gasteiger partial charge < -0.3 is 4.90 Å². The van der Waals surface area contributed by atoms with Gasteiger partial charge in [0.15, 0.2) is 0 Å². The van der Waals surface area contributed by atoms with Crippen molar-refractivity contribution >= 4 is 15.8 Å². The summed E-state index contributed by atoms with van der Waals surface area (Å²) in [4.78, 5) is 10.4. The SMILES string of the molecule is Cc1cc(N2CC3CC(C2)N3S(=O)(=O)c2cccc(C(F)(F)F)c2)nc(C)n1. The molecule has 3 aliphatic heterocycles. The average molecular weight is 412 g/mol. The van der Waals surface area contributed by atoms with Crippen LogP contribution in [0, 0.1) is 13.8 Å². The molecule has 3 aliphatic rings. The number of nitrogens with zero attached hydrogens (tertiary/aromatic N) is 4. The number of hydrogen-bond donors (Lipinski definition) is 0. The number of piperidine rings is 1. The summed E-state index contributed by atoms with van der Waals surface area (Å²) in [5, 5.41) is 0. The van der Waals surface area contributed by atoms with Crippen LogP contribution in [0.1, 0.15) is 23.5 Å². The van der Waals surface area contributed by atoms with Crippen molar-refractivity contribution in [3.05, 3.63) is 47.4 Å². The van der Waals surface area contributed by atoms with E-state index in [1.165, 1.54) is 10.4 Å². The largest absolute Gasteiger partial charge is 0.416 e. The minimum absolute atomic E-state index is 0.283. The van der Waals surface area contributed by atoms with E-state index >= 15 is 0 Å². The fraction of sp³-hybridized carbons (Fsp3) is 0.444. The Bertz CT molecular complexity index is 993. The van der Waals surface area contributed by atoms with Crippen LogP contribution in [-0.4, -0.2) is 47.9 Å². The molecule has 0 radical (unpaired) electrons. The van der Waals surface area contributed by atoms with Gasteiger partial charge in [-0.25, -0.2) is 18.4 Å². The molecule has 3 saturated heterocycles. The van der Waals surface area contributed by atoms with Gasteiger partial charge in [-0.3, -0.25) is 0 Å². The van der Waals surface area contributed by atoms with Gasteiger partial charge in [-0.1, -0.05) is 6.07 Å². The van der Waals surface area contributed by atoms with Crippen molar-refractivity contribution < 1.29 is 21.6 Å². The van der Waals surface area contributed by atoms with E-state index in [0.717, 1.165) is 23.6 Å². The van der Waals surface area contributed by atoms with E-state index in [1.54, 1.807) is 6.92 Å². The lowest BCUT2D eigenvalue weighted by molar-refractivity contribution is -0.137. The van der Waals surface area contributed by atoms with Gasteiger partial charge in [0.25, 0.3) is 0 Å². The predicted molar refractivity (Wildman–Crippen MR) is 96.4 cm³/mol. The summed E-state index contributed by atoms with van der Waals surface area (Å²) in [6.07, 6.45) is -3.90. The molecule has 0 aliphatic carbocycles. The molecule has 5 rings (SSSR count). The lowest BCUT2D eigenvalue weighted by Crippen LogP contribution is -2.70. The molecule has 28 heavy (non-hydrogen) atoms. The topological polar surface area (TPSA) is 66.4 Å². The van der Waals surface area contributed by atoms with Crippen molar-refractivity contribution in [1.29, 1.82) is 0 Å². The summed E-state index contributed by atoms with van der Waals surface area (Å²) in [7, 11) is -3.99. The zero-order valence-corrected chi connectivity index (χ0v) is 16.1. The molecule has 0 spiro atoms. The van der Waals surface area contributed by atoms with Gasteiger partial charge in [0.2, 0.25) is 10.0 Å². The molecular weight excluding hydrogens is 393 g/mol. The molecule has 1 aromatic heterocycles. The molecule has 6 nitrogen and oxygen atoms in total. The van der Waals surface area contributed by atoms with Gasteiger partial charge in [0.05, 0.1) is 10.5 Å². The van der Waals surface area contributed by atoms with Crippen LogP contribution in [0.5, 0.6) is 0 Å². The number of piperazine rings is 1. The van der Waals surface area contributed by atoms with Gasteiger partial charge in [0.1, 0.15) is 11.6 Å². The summed E-state index contributed by atoms with van der Waals surface area (Å²) in [6, 6.07) is 5.21. The Morgan fingerprint density at radius 2 is 1.75 bits per heavy atom. The van der Waals surface area contributed by atoms with Crippen molar-refractivity contribution in [2.75, 3.05) is 18.0 Å². The minimum Gasteiger partial charge on any atom is -0.353 e. The van der Waals surface area contributed by atoms with Crippen LogP contribution in [0.4, 0.5) is 19.0 Å². The number of anilines is 1. The standard InChI is InChI=1S/C18H19F3N4O2S/c1-11-6-17(23-12(2)22-11)24-9-14-8-15(10-24)25(14)28(26,27)16-5-3-4-13(7-16)18(19,20)21/h3-7,14-15H,8-10H2,1-2H3. The first kappa shape index (κ1) is 19.1. The number of rotatable bonds is 3. The molecule has 3 fully saturated rings. The molecule has 4 heterocycles. The zero-order valence-electron chi connectivity index (χ0n) is 15.3. The smallest absolute Gasteiger partial charge is 0.353 e. The first-order valence-corrected chi connectivity index (χ1v) is 10.3. The molecule has 150 valence electrons. The molecule has 2 atom stereocenters. The highest BCUT2D eigenvalue weighted by Crippen LogP contribution is 2.39. The number of halogens is 3. The number of alkyl halides is 3. The molecule has 2 aromatic rings. The first-order chi connectivity index (χ1) is 13.1. The van der Waals surface area contributed by atoms with E-state index in [-0.39, 0.29) is 17.0 Å². The molecular formula is C18H19F3N4O2S. The Morgan fingerprint density at radius 1 is 1.07 bits per heavy atom. The van der Waals surface area contributed by atoms with Crippen LogP contribution in [0.15, 0.2) is 35.2 Å². The van der Waals surface area contributed by atoms with E-state index in [1.807, 2.05) is 17.9 Å². The maximum absolute atomic E-state index is 13.0. The van der Waals surface area contributed by atoms with Gasteiger partial charge in [-0.2, -0.15) is 17.5 Å². The average Bonchev–Trinajstić information content (AvgIpc) is 2.60. The molecule has 10 heteroatoms. The Labute approximate surface area is 161 Å². The van der Waals surface area contributed by atoms with Crippen LogP contribution in [0.25, 0.3) is 0 Å². The Balaban J connectivity index is 1.58. The summed E-state index contributed by atoms with van der Waals surface area (Å²) in [5.41, 5.74) is -0.136. The third-order valence-corrected chi connectivity index (χ3v) is 7.14. The Hall–Kier alpha value is -2.20. The molecule has 0 saturated carbocycles. The number of hydrogen-bond acceptors (Lipinski definition) is 5. The second-order valence-corrected chi connectivity index (χ2v) is 9.07. The third-order valence-electron chi connectivity index (χ3n) is 5.14. The predicted octanol–water partition coefficient (Wildman–Crippen LogP) is 2.76. The Morgan fingerprint density at radius 3 is 2.36 bits per heavy atom. The van der Waals surface area contributed by atoms with Gasteiger partial charge in [-0.15, -0.1) is 0 Å². The maximum Gasteiger partial charge on any atom is 0.416 e. The van der Waals surface area contributed by atoms with Crippen LogP contribution in [0.2, 0.25) is 0 Å². The van der Waals surface area contributed by atoms with Crippen LogP contribution in [-0.2, 0) is 16.2 Å². The normalized spacial score (nSPS) is 22.8. The van der Waals surface area contributed by atoms with Crippen molar-refractivity contribution in [3.63, 3.8) is 0 Å². The number of fused-ring (bicyclic) bond motifs is 2. The van der Waals surface area contributed by atoms with E-state index in [4.69, 9.17) is 0 Å². The highest BCUT2D eigenvalue weighted by Gasteiger charge is 2.51. The number of benzene rings is 1. The number of aromatic nitrogens is 2. The molecule has 2 unspecified atom stereocenters. The van der Waals surface area contributed by atoms with Crippen molar-refractivity contribution in [3.8, 4) is 0 Å². The fourth-order valence-corrected chi connectivity index (χ4v) is 5.83. The van der Waals surface area contributed by atoms with E-state index in [2.05, 4.69) is 9.97 Å². The summed E-state index contributed by atoms with van der Waals surface area (Å²) < 4.78 is 66.2. The van der Waals surface area contributed by atoms with E-state index in [9.17, 15) is 21.6 Å². The second kappa shape index (κ2) is 6.41. The summed E-state index contributed by atoms with van der Waals surface area (Å²) in [5.74, 6) is 1.39. The summed E-state index contributed by atoms with van der Waals surface area (Å²) in [6.45, 7) is 4.56. The van der Waals surface area contributed by atoms with Crippen molar-refractivity contribution in [2.45, 2.75) is 43.4 Å². The number of aryl methyl sites for hydroxylation is 2. The first-order valence-electron chi connectivity index (χ1n) is 8.84. The zero-order chi connectivity index (χ0) is 20.3. The van der Waals surface area contributed by atoms with E-state index in [0.29, 0.717) is 31.4 Å². The lowest BCUT2D eigenvalue weighted by atomic mass is 9.91. The van der Waals surface area contributed by atoms with E-state index < -0.39 is 21.8 Å². The molecule has 0 N–H and O–H groups in total. The maximum atomic E-state index is 13.0. The van der Waals surface area contributed by atoms with Gasteiger partial charge in [0, 0.05) is 36.9 Å².